The van der Waals surface area contributed by atoms with Crippen LogP contribution in [-0.4, -0.2) is 38.2 Å². The summed E-state index contributed by atoms with van der Waals surface area (Å²) in [7, 11) is 1.37. The average molecular weight is 419 g/mol. The highest BCUT2D eigenvalue weighted by atomic mass is 35.5. The van der Waals surface area contributed by atoms with Crippen molar-refractivity contribution in [3.63, 3.8) is 0 Å². The van der Waals surface area contributed by atoms with E-state index < -0.39 is 24.0 Å². The third-order valence-corrected chi connectivity index (χ3v) is 4.35. The topological polar surface area (TPSA) is 103 Å². The summed E-state index contributed by atoms with van der Waals surface area (Å²) in [6.45, 7) is 0.870. The van der Waals surface area contributed by atoms with E-state index >= 15 is 0 Å². The first-order valence-electron chi connectivity index (χ1n) is 8.87. The number of carbonyl (C=O) groups is 3. The molecular weight excluding hydrogens is 400 g/mol. The first-order chi connectivity index (χ1) is 14.0. The van der Waals surface area contributed by atoms with Gasteiger partial charge in [-0.15, -0.1) is 0 Å². The van der Waals surface area contributed by atoms with Crippen LogP contribution in [0.4, 0.5) is 4.79 Å². The molecule has 1 heterocycles. The van der Waals surface area contributed by atoms with Crippen LogP contribution in [0.1, 0.15) is 28.4 Å². The quantitative estimate of drug-likeness (QED) is 0.740. The van der Waals surface area contributed by atoms with Gasteiger partial charge in [-0.25, -0.2) is 9.59 Å². The molecule has 9 heteroatoms. The van der Waals surface area contributed by atoms with E-state index in [2.05, 4.69) is 10.6 Å². The summed E-state index contributed by atoms with van der Waals surface area (Å²) in [6.07, 6.45) is -0.656. The van der Waals surface area contributed by atoms with Gasteiger partial charge in [0.1, 0.15) is 0 Å². The number of benzene rings is 2. The van der Waals surface area contributed by atoms with E-state index in [0.29, 0.717) is 36.7 Å². The maximum absolute atomic E-state index is 12.8. The second-order valence-corrected chi connectivity index (χ2v) is 6.51. The van der Waals surface area contributed by atoms with Gasteiger partial charge >= 0.3 is 12.0 Å². The average Bonchev–Trinajstić information content (AvgIpc) is 2.98. The minimum Gasteiger partial charge on any atom is -0.489 e. The number of hydrogen-bond acceptors (Lipinski definition) is 6. The molecule has 0 unspecified atom stereocenters. The van der Waals surface area contributed by atoms with Crippen LogP contribution >= 0.6 is 11.6 Å². The number of ether oxygens (including phenoxy) is 3. The molecule has 8 nitrogen and oxygen atoms in total. The predicted molar refractivity (Wildman–Crippen MR) is 104 cm³/mol. The van der Waals surface area contributed by atoms with E-state index in [4.69, 9.17) is 25.8 Å². The van der Waals surface area contributed by atoms with Gasteiger partial charge in [0.05, 0.1) is 23.8 Å². The van der Waals surface area contributed by atoms with Gasteiger partial charge in [0.2, 0.25) is 6.10 Å². The van der Waals surface area contributed by atoms with E-state index in [1.54, 1.807) is 30.3 Å². The Morgan fingerprint density at radius 3 is 2.55 bits per heavy atom. The Hall–Kier alpha value is -3.26. The SMILES string of the molecule is CNC(=O)NC(=O)[C@@H](OC(=O)c1cc(Cl)c2c(c1)OCCCO2)c1ccccc1. The molecule has 3 amide bonds. The van der Waals surface area contributed by atoms with Gasteiger partial charge in [-0.05, 0) is 12.1 Å². The number of halogens is 1. The number of urea groups is 1. The largest absolute Gasteiger partial charge is 0.489 e. The molecule has 1 aliphatic heterocycles. The predicted octanol–water partition coefficient (Wildman–Crippen LogP) is 2.86. The molecule has 0 radical (unpaired) electrons. The molecule has 1 atom stereocenters. The van der Waals surface area contributed by atoms with Crippen LogP contribution in [0, 0.1) is 0 Å². The van der Waals surface area contributed by atoms with Crippen molar-refractivity contribution in [3.05, 3.63) is 58.6 Å². The minimum atomic E-state index is -1.34. The van der Waals surface area contributed by atoms with Crippen molar-refractivity contribution in [2.45, 2.75) is 12.5 Å². The lowest BCUT2D eigenvalue weighted by atomic mass is 10.1. The Bertz CT molecular complexity index is 919. The van der Waals surface area contributed by atoms with Crippen LogP contribution in [0.15, 0.2) is 42.5 Å². The fourth-order valence-corrected chi connectivity index (χ4v) is 2.93. The summed E-state index contributed by atoms with van der Waals surface area (Å²) in [6, 6.07) is 10.5. The molecule has 2 aromatic carbocycles. The van der Waals surface area contributed by atoms with E-state index in [-0.39, 0.29) is 10.6 Å². The first-order valence-corrected chi connectivity index (χ1v) is 9.25. The van der Waals surface area contributed by atoms with Gasteiger partial charge in [0.15, 0.2) is 11.5 Å². The highest BCUT2D eigenvalue weighted by Gasteiger charge is 2.28. The molecular formula is C20H19ClN2O6. The highest BCUT2D eigenvalue weighted by molar-refractivity contribution is 6.32. The van der Waals surface area contributed by atoms with Crippen LogP contribution in [0.5, 0.6) is 11.5 Å². The Kier molecular flexibility index (Phi) is 6.56. The van der Waals surface area contributed by atoms with Gasteiger partial charge in [0, 0.05) is 19.0 Å². The molecule has 0 aromatic heterocycles. The molecule has 29 heavy (non-hydrogen) atoms. The van der Waals surface area contributed by atoms with Gasteiger partial charge in [0.25, 0.3) is 5.91 Å². The van der Waals surface area contributed by atoms with Gasteiger partial charge in [-0.1, -0.05) is 41.9 Å². The molecule has 1 aliphatic rings. The summed E-state index contributed by atoms with van der Waals surface area (Å²) >= 11 is 6.22. The Balaban J connectivity index is 1.86. The highest BCUT2D eigenvalue weighted by Crippen LogP contribution is 2.38. The number of rotatable bonds is 4. The van der Waals surface area contributed by atoms with E-state index in [0.717, 1.165) is 0 Å². The van der Waals surface area contributed by atoms with Crippen molar-refractivity contribution in [2.24, 2.45) is 0 Å². The number of nitrogens with one attached hydrogen (secondary N) is 2. The van der Waals surface area contributed by atoms with Crippen molar-refractivity contribution in [3.8, 4) is 11.5 Å². The van der Waals surface area contributed by atoms with Crippen molar-refractivity contribution in [2.75, 3.05) is 20.3 Å². The monoisotopic (exact) mass is 418 g/mol. The number of esters is 1. The second kappa shape index (κ2) is 9.29. The van der Waals surface area contributed by atoms with Crippen LogP contribution < -0.4 is 20.1 Å². The summed E-state index contributed by atoms with van der Waals surface area (Å²) < 4.78 is 16.5. The zero-order valence-corrected chi connectivity index (χ0v) is 16.3. The summed E-state index contributed by atoms with van der Waals surface area (Å²) in [4.78, 5) is 36.8. The van der Waals surface area contributed by atoms with Crippen LogP contribution in [0.3, 0.4) is 0 Å². The van der Waals surface area contributed by atoms with Crippen LogP contribution in [-0.2, 0) is 9.53 Å². The molecule has 3 rings (SSSR count). The lowest BCUT2D eigenvalue weighted by Gasteiger charge is -2.18. The molecule has 2 N–H and O–H groups in total. The third-order valence-electron chi connectivity index (χ3n) is 4.07. The number of fused-ring (bicyclic) bond motifs is 1. The van der Waals surface area contributed by atoms with Crippen LogP contribution in [0.25, 0.3) is 0 Å². The summed E-state index contributed by atoms with van der Waals surface area (Å²) in [5, 5.41) is 4.59. The summed E-state index contributed by atoms with van der Waals surface area (Å²) in [5.74, 6) is -0.904. The molecule has 0 bridgehead atoms. The molecule has 152 valence electrons. The van der Waals surface area contributed by atoms with Crippen molar-refractivity contribution >= 4 is 29.5 Å². The Labute approximate surface area is 172 Å². The summed E-state index contributed by atoms with van der Waals surface area (Å²) in [5.41, 5.74) is 0.496. The number of imide groups is 1. The Morgan fingerprint density at radius 2 is 1.83 bits per heavy atom. The fourth-order valence-electron chi connectivity index (χ4n) is 2.66. The molecule has 2 aromatic rings. The first kappa shape index (κ1) is 20.5. The fraction of sp³-hybridized carbons (Fsp3) is 0.250. The zero-order valence-electron chi connectivity index (χ0n) is 15.6. The maximum Gasteiger partial charge on any atom is 0.339 e. The second-order valence-electron chi connectivity index (χ2n) is 6.10. The molecule has 0 saturated carbocycles. The smallest absolute Gasteiger partial charge is 0.339 e. The van der Waals surface area contributed by atoms with E-state index in [9.17, 15) is 14.4 Å². The number of amides is 3. The van der Waals surface area contributed by atoms with Gasteiger partial charge < -0.3 is 19.5 Å². The van der Waals surface area contributed by atoms with Gasteiger partial charge in [-0.2, -0.15) is 0 Å². The molecule has 0 aliphatic carbocycles. The van der Waals surface area contributed by atoms with E-state index in [1.165, 1.54) is 19.2 Å². The van der Waals surface area contributed by atoms with E-state index in [1.807, 2.05) is 0 Å². The minimum absolute atomic E-state index is 0.0907. The third kappa shape index (κ3) is 4.97. The molecule has 0 saturated heterocycles. The lowest BCUT2D eigenvalue weighted by molar-refractivity contribution is -0.129. The van der Waals surface area contributed by atoms with Crippen LogP contribution in [0.2, 0.25) is 5.02 Å². The normalized spacial score (nSPS) is 13.6. The zero-order chi connectivity index (χ0) is 20.8. The van der Waals surface area contributed by atoms with Crippen molar-refractivity contribution in [1.82, 2.24) is 10.6 Å². The Morgan fingerprint density at radius 1 is 1.10 bits per heavy atom. The van der Waals surface area contributed by atoms with Crippen molar-refractivity contribution in [1.29, 1.82) is 0 Å². The standard InChI is InChI=1S/C20H19ClN2O6/c1-22-20(26)23-18(24)16(12-6-3-2-4-7-12)29-19(25)13-10-14(21)17-15(11-13)27-8-5-9-28-17/h2-4,6-7,10-11,16H,5,8-9H2,1H3,(H2,22,23,24,26)/t16-/m0/s1. The molecule has 0 spiro atoms. The van der Waals surface area contributed by atoms with Gasteiger partial charge in [-0.3, -0.25) is 10.1 Å². The lowest BCUT2D eigenvalue weighted by Crippen LogP contribution is -2.41. The maximum atomic E-state index is 12.8. The molecule has 0 fully saturated rings. The number of carbonyl (C=O) groups excluding carboxylic acids is 3. The van der Waals surface area contributed by atoms with Crippen molar-refractivity contribution < 1.29 is 28.6 Å². The number of hydrogen-bond donors (Lipinski definition) is 2.